The molecule has 1 aliphatic carbocycles. The molecule has 0 radical (unpaired) electrons. The molecule has 0 unspecified atom stereocenters. The normalized spacial score (nSPS) is 15.8. The fourth-order valence-corrected chi connectivity index (χ4v) is 3.27. The predicted molar refractivity (Wildman–Crippen MR) is 105 cm³/mol. The topological polar surface area (TPSA) is 66.4 Å². The molecule has 1 amide bonds. The number of amides is 1. The maximum atomic E-state index is 12.6. The third-order valence-corrected chi connectivity index (χ3v) is 5.25. The van der Waals surface area contributed by atoms with E-state index in [1.165, 1.54) is 18.4 Å². The number of hydrogen-bond donors (Lipinski definition) is 2. The molecule has 4 nitrogen and oxygen atoms in total. The number of carbonyl (C=O) groups excluding carboxylic acids is 1. The van der Waals surface area contributed by atoms with Crippen LogP contribution in [0.3, 0.4) is 0 Å². The maximum Gasteiger partial charge on any atom is 0.308 e. The van der Waals surface area contributed by atoms with E-state index in [2.05, 4.69) is 17.4 Å². The average Bonchev–Trinajstić information content (AvgIpc) is 3.45. The lowest BCUT2D eigenvalue weighted by atomic mass is 9.93. The highest BCUT2D eigenvalue weighted by atomic mass is 16.4. The number of benzene rings is 2. The van der Waals surface area contributed by atoms with E-state index in [1.54, 1.807) is 6.92 Å². The minimum absolute atomic E-state index is 0.163. The Labute approximate surface area is 160 Å². The van der Waals surface area contributed by atoms with Gasteiger partial charge in [0.1, 0.15) is 0 Å². The fourth-order valence-electron chi connectivity index (χ4n) is 3.27. The van der Waals surface area contributed by atoms with Crippen LogP contribution in [0.2, 0.25) is 0 Å². The van der Waals surface area contributed by atoms with Gasteiger partial charge in [-0.3, -0.25) is 9.59 Å². The van der Waals surface area contributed by atoms with Crippen LogP contribution in [0, 0.1) is 18.8 Å². The van der Waals surface area contributed by atoms with Crippen molar-refractivity contribution in [2.45, 2.75) is 45.6 Å². The van der Waals surface area contributed by atoms with Gasteiger partial charge in [-0.25, -0.2) is 0 Å². The molecule has 1 aliphatic rings. The van der Waals surface area contributed by atoms with Gasteiger partial charge < -0.3 is 10.4 Å². The van der Waals surface area contributed by atoms with E-state index < -0.39 is 17.9 Å². The Hall–Kier alpha value is -2.62. The summed E-state index contributed by atoms with van der Waals surface area (Å²) in [6, 6.07) is 15.3. The fraction of sp³-hybridized carbons (Fsp3) is 0.391. The number of rotatable bonds is 8. The van der Waals surface area contributed by atoms with Crippen molar-refractivity contribution in [2.75, 3.05) is 0 Å². The summed E-state index contributed by atoms with van der Waals surface area (Å²) >= 11 is 0. The molecule has 0 bridgehead atoms. The van der Waals surface area contributed by atoms with Gasteiger partial charge in [0, 0.05) is 0 Å². The van der Waals surface area contributed by atoms with Crippen molar-refractivity contribution in [3.63, 3.8) is 0 Å². The van der Waals surface area contributed by atoms with Crippen LogP contribution in [-0.2, 0) is 22.4 Å². The van der Waals surface area contributed by atoms with Gasteiger partial charge in [-0.1, -0.05) is 54.1 Å². The van der Waals surface area contributed by atoms with Gasteiger partial charge in [0.05, 0.1) is 18.4 Å². The molecule has 2 aromatic rings. The number of aryl methyl sites for hydroxylation is 1. The highest BCUT2D eigenvalue weighted by molar-refractivity contribution is 5.80. The van der Waals surface area contributed by atoms with Crippen molar-refractivity contribution in [2.24, 2.45) is 11.8 Å². The molecule has 2 N–H and O–H groups in total. The second-order valence-electron chi connectivity index (χ2n) is 7.72. The van der Waals surface area contributed by atoms with E-state index in [-0.39, 0.29) is 12.3 Å². The van der Waals surface area contributed by atoms with Crippen LogP contribution in [0.5, 0.6) is 0 Å². The Kier molecular flexibility index (Phi) is 5.94. The van der Waals surface area contributed by atoms with Gasteiger partial charge in [0.25, 0.3) is 0 Å². The summed E-state index contributed by atoms with van der Waals surface area (Å²) in [5.74, 6) is -0.960. The molecule has 0 heterocycles. The maximum absolute atomic E-state index is 12.6. The van der Waals surface area contributed by atoms with Gasteiger partial charge in [0.15, 0.2) is 0 Å². The summed E-state index contributed by atoms with van der Waals surface area (Å²) in [5.41, 5.74) is 4.16. The van der Waals surface area contributed by atoms with Crippen molar-refractivity contribution >= 4 is 11.9 Å². The number of carboxylic acids is 1. The lowest BCUT2D eigenvalue weighted by Gasteiger charge is -2.23. The summed E-state index contributed by atoms with van der Waals surface area (Å²) in [6.45, 7) is 3.60. The van der Waals surface area contributed by atoms with Crippen LogP contribution in [0.1, 0.15) is 48.1 Å². The molecule has 1 fully saturated rings. The Morgan fingerprint density at radius 1 is 1.04 bits per heavy atom. The molecular weight excluding hydrogens is 338 g/mol. The van der Waals surface area contributed by atoms with E-state index in [4.69, 9.17) is 0 Å². The van der Waals surface area contributed by atoms with Crippen LogP contribution in [0.4, 0.5) is 0 Å². The molecule has 2 aromatic carbocycles. The van der Waals surface area contributed by atoms with Crippen molar-refractivity contribution in [3.8, 4) is 0 Å². The first kappa shape index (κ1) is 19.2. The van der Waals surface area contributed by atoms with E-state index >= 15 is 0 Å². The zero-order valence-electron chi connectivity index (χ0n) is 15.9. The zero-order chi connectivity index (χ0) is 19.4. The lowest BCUT2D eigenvalue weighted by Crippen LogP contribution is -2.36. The summed E-state index contributed by atoms with van der Waals surface area (Å²) < 4.78 is 0. The Morgan fingerprint density at radius 3 is 2.19 bits per heavy atom. The van der Waals surface area contributed by atoms with Crippen LogP contribution in [0.15, 0.2) is 48.5 Å². The number of carbonyl (C=O) groups is 2. The molecule has 3 rings (SSSR count). The Morgan fingerprint density at radius 2 is 1.63 bits per heavy atom. The SMILES string of the molecule is Cc1ccc([C@@H](NC(=O)Cc2ccc(CC3CC3)cc2)[C@@H](C)C(=O)O)cc1. The standard InChI is InChI=1S/C23H27NO3/c1-15-3-11-20(12-4-15)22(16(2)23(26)27)24-21(25)14-19-9-7-18(8-10-19)13-17-5-6-17/h3-4,7-12,16-17,22H,5-6,13-14H2,1-2H3,(H,24,25)(H,26,27)/t16-,22+/m1/s1. The first-order chi connectivity index (χ1) is 12.9. The second kappa shape index (κ2) is 8.38. The average molecular weight is 365 g/mol. The van der Waals surface area contributed by atoms with E-state index in [9.17, 15) is 14.7 Å². The van der Waals surface area contributed by atoms with Crippen molar-refractivity contribution < 1.29 is 14.7 Å². The third kappa shape index (κ3) is 5.43. The number of nitrogens with one attached hydrogen (secondary N) is 1. The Bertz CT molecular complexity index is 791. The molecule has 0 aliphatic heterocycles. The van der Waals surface area contributed by atoms with E-state index in [0.717, 1.165) is 29.0 Å². The lowest BCUT2D eigenvalue weighted by molar-refractivity contribution is -0.142. The first-order valence-corrected chi connectivity index (χ1v) is 9.59. The number of carboxylic acid groups (broad SMARTS) is 1. The highest BCUT2D eigenvalue weighted by Gasteiger charge is 2.27. The molecule has 4 heteroatoms. The minimum atomic E-state index is -0.926. The largest absolute Gasteiger partial charge is 0.481 e. The molecule has 2 atom stereocenters. The molecule has 142 valence electrons. The van der Waals surface area contributed by atoms with E-state index in [0.29, 0.717) is 0 Å². The number of hydrogen-bond acceptors (Lipinski definition) is 2. The van der Waals surface area contributed by atoms with Crippen LogP contribution < -0.4 is 5.32 Å². The van der Waals surface area contributed by atoms with Gasteiger partial charge in [-0.15, -0.1) is 0 Å². The summed E-state index contributed by atoms with van der Waals surface area (Å²) in [6.07, 6.45) is 4.02. The quantitative estimate of drug-likeness (QED) is 0.741. The zero-order valence-corrected chi connectivity index (χ0v) is 15.9. The summed E-state index contributed by atoms with van der Waals surface area (Å²) in [7, 11) is 0. The molecule has 0 saturated heterocycles. The van der Waals surface area contributed by atoms with Gasteiger partial charge in [-0.2, -0.15) is 0 Å². The Balaban J connectivity index is 1.66. The van der Waals surface area contributed by atoms with Crippen molar-refractivity contribution in [3.05, 3.63) is 70.8 Å². The first-order valence-electron chi connectivity index (χ1n) is 9.59. The second-order valence-corrected chi connectivity index (χ2v) is 7.72. The molecule has 1 saturated carbocycles. The number of aliphatic carboxylic acids is 1. The molecule has 27 heavy (non-hydrogen) atoms. The summed E-state index contributed by atoms with van der Waals surface area (Å²) in [5, 5.41) is 12.3. The molecule has 0 aromatic heterocycles. The molecular formula is C23H27NO3. The van der Waals surface area contributed by atoms with Crippen LogP contribution >= 0.6 is 0 Å². The minimum Gasteiger partial charge on any atom is -0.481 e. The van der Waals surface area contributed by atoms with Crippen molar-refractivity contribution in [1.29, 1.82) is 0 Å². The highest BCUT2D eigenvalue weighted by Crippen LogP contribution is 2.32. The smallest absolute Gasteiger partial charge is 0.308 e. The monoisotopic (exact) mass is 365 g/mol. The third-order valence-electron chi connectivity index (χ3n) is 5.25. The van der Waals surface area contributed by atoms with E-state index in [1.807, 2.05) is 43.3 Å². The molecule has 0 spiro atoms. The van der Waals surface area contributed by atoms with Crippen LogP contribution in [0.25, 0.3) is 0 Å². The summed E-state index contributed by atoms with van der Waals surface area (Å²) in [4.78, 5) is 24.1. The van der Waals surface area contributed by atoms with Crippen molar-refractivity contribution in [1.82, 2.24) is 5.32 Å². The van der Waals surface area contributed by atoms with Crippen LogP contribution in [-0.4, -0.2) is 17.0 Å². The van der Waals surface area contributed by atoms with Gasteiger partial charge >= 0.3 is 5.97 Å². The van der Waals surface area contributed by atoms with Gasteiger partial charge in [0.2, 0.25) is 5.91 Å². The van der Waals surface area contributed by atoms with Gasteiger partial charge in [-0.05, 0) is 55.7 Å². The predicted octanol–water partition coefficient (Wildman–Crippen LogP) is 4.07.